The second kappa shape index (κ2) is 9.56. The smallest absolute Gasteiger partial charge is 0.331 e. The van der Waals surface area contributed by atoms with Gasteiger partial charge < -0.3 is 23.8 Å². The molecule has 0 spiro atoms. The molecular weight excluding hydrogens is 326 g/mol. The minimum absolute atomic E-state index is 0.0426. The van der Waals surface area contributed by atoms with Gasteiger partial charge in [0.1, 0.15) is 0 Å². The highest BCUT2D eigenvalue weighted by Gasteiger charge is 2.14. The Morgan fingerprint density at radius 2 is 1.64 bits per heavy atom. The summed E-state index contributed by atoms with van der Waals surface area (Å²) in [5.41, 5.74) is 0.664. The highest BCUT2D eigenvalue weighted by atomic mass is 16.5. The van der Waals surface area contributed by atoms with Crippen LogP contribution in [0.2, 0.25) is 0 Å². The molecule has 25 heavy (non-hydrogen) atoms. The SMILES string of the molecule is COc1cc(C=CC(=O)OCC(=O)N(C)C(C)C)cc(OC)c1OC. The number of hydrogen-bond donors (Lipinski definition) is 0. The van der Waals surface area contributed by atoms with Crippen molar-refractivity contribution in [1.82, 2.24) is 4.90 Å². The van der Waals surface area contributed by atoms with Crippen LogP contribution in [0, 0.1) is 0 Å². The summed E-state index contributed by atoms with van der Waals surface area (Å²) >= 11 is 0. The normalized spacial score (nSPS) is 10.7. The number of methoxy groups -OCH3 is 3. The van der Waals surface area contributed by atoms with Crippen LogP contribution in [0.4, 0.5) is 0 Å². The average molecular weight is 351 g/mol. The molecule has 1 amide bonds. The highest BCUT2D eigenvalue weighted by Crippen LogP contribution is 2.38. The number of amides is 1. The minimum Gasteiger partial charge on any atom is -0.493 e. The number of rotatable bonds is 8. The van der Waals surface area contributed by atoms with Crippen LogP contribution >= 0.6 is 0 Å². The predicted octanol–water partition coefficient (Wildman–Crippen LogP) is 2.14. The first-order valence-electron chi connectivity index (χ1n) is 7.74. The molecule has 1 rings (SSSR count). The van der Waals surface area contributed by atoms with Gasteiger partial charge in [-0.05, 0) is 37.6 Å². The van der Waals surface area contributed by atoms with Gasteiger partial charge >= 0.3 is 5.97 Å². The predicted molar refractivity (Wildman–Crippen MR) is 94.0 cm³/mol. The first-order valence-corrected chi connectivity index (χ1v) is 7.74. The number of nitrogens with zero attached hydrogens (tertiary/aromatic N) is 1. The molecule has 1 aromatic rings. The fourth-order valence-electron chi connectivity index (χ4n) is 1.93. The van der Waals surface area contributed by atoms with Crippen molar-refractivity contribution < 1.29 is 28.5 Å². The lowest BCUT2D eigenvalue weighted by atomic mass is 10.1. The molecule has 0 fully saturated rings. The molecule has 0 aliphatic heterocycles. The van der Waals surface area contributed by atoms with Gasteiger partial charge in [0.25, 0.3) is 5.91 Å². The minimum atomic E-state index is -0.612. The molecule has 0 aromatic heterocycles. The Kier molecular flexibility index (Phi) is 7.78. The number of esters is 1. The number of carbonyl (C=O) groups excluding carboxylic acids is 2. The zero-order valence-electron chi connectivity index (χ0n) is 15.5. The molecule has 138 valence electrons. The van der Waals surface area contributed by atoms with Crippen molar-refractivity contribution in [2.75, 3.05) is 35.0 Å². The number of likely N-dealkylation sites (N-methyl/N-ethyl adjacent to an activating group) is 1. The maximum atomic E-state index is 11.8. The van der Waals surface area contributed by atoms with E-state index < -0.39 is 5.97 Å². The lowest BCUT2D eigenvalue weighted by Gasteiger charge is -2.20. The Balaban J connectivity index is 2.78. The largest absolute Gasteiger partial charge is 0.493 e. The van der Waals surface area contributed by atoms with Crippen molar-refractivity contribution in [3.63, 3.8) is 0 Å². The van der Waals surface area contributed by atoms with E-state index in [1.54, 1.807) is 25.3 Å². The van der Waals surface area contributed by atoms with E-state index in [-0.39, 0.29) is 18.6 Å². The molecule has 0 bridgehead atoms. The Labute approximate surface area is 148 Å². The summed E-state index contributed by atoms with van der Waals surface area (Å²) in [7, 11) is 6.19. The summed E-state index contributed by atoms with van der Waals surface area (Å²) < 4.78 is 20.7. The van der Waals surface area contributed by atoms with E-state index in [0.717, 1.165) is 0 Å². The summed E-state index contributed by atoms with van der Waals surface area (Å²) in [6, 6.07) is 3.44. The first-order chi connectivity index (χ1) is 11.8. The van der Waals surface area contributed by atoms with Gasteiger partial charge in [-0.2, -0.15) is 0 Å². The molecule has 7 heteroatoms. The second-order valence-corrected chi connectivity index (χ2v) is 5.50. The van der Waals surface area contributed by atoms with Crippen molar-refractivity contribution in [2.24, 2.45) is 0 Å². The summed E-state index contributed by atoms with van der Waals surface area (Å²) in [5.74, 6) is 0.544. The van der Waals surface area contributed by atoms with Crippen LogP contribution in [0.15, 0.2) is 18.2 Å². The molecule has 1 aromatic carbocycles. The van der Waals surface area contributed by atoms with E-state index >= 15 is 0 Å². The summed E-state index contributed by atoms with van der Waals surface area (Å²) in [5, 5.41) is 0. The number of hydrogen-bond acceptors (Lipinski definition) is 6. The van der Waals surface area contributed by atoms with E-state index in [1.165, 1.54) is 32.3 Å². The molecule has 0 saturated heterocycles. The van der Waals surface area contributed by atoms with Crippen LogP contribution in [0.3, 0.4) is 0 Å². The van der Waals surface area contributed by atoms with Gasteiger partial charge in [-0.3, -0.25) is 4.79 Å². The molecule has 0 aliphatic rings. The zero-order chi connectivity index (χ0) is 19.0. The highest BCUT2D eigenvalue weighted by molar-refractivity contribution is 5.89. The number of carbonyl (C=O) groups is 2. The van der Waals surface area contributed by atoms with Gasteiger partial charge in [-0.1, -0.05) is 0 Å². The second-order valence-electron chi connectivity index (χ2n) is 5.50. The monoisotopic (exact) mass is 351 g/mol. The third-order valence-electron chi connectivity index (χ3n) is 3.60. The average Bonchev–Trinajstić information content (AvgIpc) is 2.62. The molecular formula is C18H25NO6. The van der Waals surface area contributed by atoms with Crippen LogP contribution in [0.1, 0.15) is 19.4 Å². The van der Waals surface area contributed by atoms with E-state index in [9.17, 15) is 9.59 Å². The summed E-state index contributed by atoms with van der Waals surface area (Å²) in [6.45, 7) is 3.46. The van der Waals surface area contributed by atoms with E-state index in [4.69, 9.17) is 18.9 Å². The first kappa shape index (κ1) is 20.3. The molecule has 0 aliphatic carbocycles. The fourth-order valence-corrected chi connectivity index (χ4v) is 1.93. The third-order valence-corrected chi connectivity index (χ3v) is 3.60. The third kappa shape index (κ3) is 5.70. The Morgan fingerprint density at radius 3 is 2.08 bits per heavy atom. The lowest BCUT2D eigenvalue weighted by Crippen LogP contribution is -2.36. The molecule has 7 nitrogen and oxygen atoms in total. The van der Waals surface area contributed by atoms with Gasteiger partial charge in [0.2, 0.25) is 5.75 Å². The molecule has 0 N–H and O–H groups in total. The molecule has 0 saturated carbocycles. The Hall–Kier alpha value is -2.70. The molecule has 0 atom stereocenters. The van der Waals surface area contributed by atoms with Gasteiger partial charge in [0, 0.05) is 19.2 Å². The molecule has 0 radical (unpaired) electrons. The Morgan fingerprint density at radius 1 is 1.08 bits per heavy atom. The molecule has 0 heterocycles. The van der Waals surface area contributed by atoms with Gasteiger partial charge in [0.15, 0.2) is 18.1 Å². The van der Waals surface area contributed by atoms with E-state index in [2.05, 4.69) is 0 Å². The summed E-state index contributed by atoms with van der Waals surface area (Å²) in [4.78, 5) is 25.1. The van der Waals surface area contributed by atoms with E-state index in [0.29, 0.717) is 22.8 Å². The van der Waals surface area contributed by atoms with Crippen LogP contribution in [-0.2, 0) is 14.3 Å². The maximum absolute atomic E-state index is 11.8. The van der Waals surface area contributed by atoms with Crippen LogP contribution in [-0.4, -0.2) is 57.8 Å². The molecule has 0 unspecified atom stereocenters. The van der Waals surface area contributed by atoms with Crippen molar-refractivity contribution in [1.29, 1.82) is 0 Å². The van der Waals surface area contributed by atoms with Crippen molar-refractivity contribution >= 4 is 18.0 Å². The van der Waals surface area contributed by atoms with Crippen LogP contribution in [0.25, 0.3) is 6.08 Å². The number of ether oxygens (including phenoxy) is 4. The van der Waals surface area contributed by atoms with Crippen LogP contribution in [0.5, 0.6) is 17.2 Å². The quantitative estimate of drug-likeness (QED) is 0.528. The van der Waals surface area contributed by atoms with Gasteiger partial charge in [0.05, 0.1) is 21.3 Å². The van der Waals surface area contributed by atoms with Crippen molar-refractivity contribution in [2.45, 2.75) is 19.9 Å². The van der Waals surface area contributed by atoms with E-state index in [1.807, 2.05) is 13.8 Å². The standard InChI is InChI=1S/C18H25NO6/c1-12(2)19(3)16(20)11-25-17(21)8-7-13-9-14(22-4)18(24-6)15(10-13)23-5/h7-10,12H,11H2,1-6H3. The number of benzene rings is 1. The zero-order valence-corrected chi connectivity index (χ0v) is 15.5. The van der Waals surface area contributed by atoms with Crippen molar-refractivity contribution in [3.8, 4) is 17.2 Å². The van der Waals surface area contributed by atoms with Crippen LogP contribution < -0.4 is 14.2 Å². The topological polar surface area (TPSA) is 74.3 Å². The summed E-state index contributed by atoms with van der Waals surface area (Å²) in [6.07, 6.45) is 2.78. The van der Waals surface area contributed by atoms with Gasteiger partial charge in [-0.15, -0.1) is 0 Å². The van der Waals surface area contributed by atoms with Gasteiger partial charge in [-0.25, -0.2) is 4.79 Å². The van der Waals surface area contributed by atoms with Crippen molar-refractivity contribution in [3.05, 3.63) is 23.8 Å². The fraction of sp³-hybridized carbons (Fsp3) is 0.444. The maximum Gasteiger partial charge on any atom is 0.331 e. The Bertz CT molecular complexity index is 613. The lowest BCUT2D eigenvalue weighted by molar-refractivity contribution is -0.148.